The van der Waals surface area contributed by atoms with Crippen LogP contribution in [-0.4, -0.2) is 23.7 Å². The van der Waals surface area contributed by atoms with Crippen LogP contribution in [0.5, 0.6) is 0 Å². The van der Waals surface area contributed by atoms with Crippen molar-refractivity contribution < 1.29 is 18.7 Å². The highest BCUT2D eigenvalue weighted by atomic mass is 19.1. The summed E-state index contributed by atoms with van der Waals surface area (Å²) in [5.41, 5.74) is 4.05. The smallest absolute Gasteiger partial charge is 0.356 e. The Morgan fingerprint density at radius 3 is 2.92 bits per heavy atom. The zero-order chi connectivity index (χ0) is 17.6. The van der Waals surface area contributed by atoms with Crippen molar-refractivity contribution in [2.24, 2.45) is 0 Å². The standard InChI is InChI=1S/C20H20FNO3/c1-3-24-20(23)17-10-14(13-6-4-11(2)8-16(13)21)15-9-12-5-7-18(25-12)19(15)22-17/h4,6,8,10,12,18H,3,5,7,9H2,1-2H3. The third-order valence-electron chi connectivity index (χ3n) is 4.90. The Bertz CT molecular complexity index is 849. The van der Waals surface area contributed by atoms with Gasteiger partial charge in [0.15, 0.2) is 0 Å². The fourth-order valence-electron chi connectivity index (χ4n) is 3.75. The molecule has 0 aliphatic carbocycles. The summed E-state index contributed by atoms with van der Waals surface area (Å²) >= 11 is 0. The lowest BCUT2D eigenvalue weighted by Gasteiger charge is -2.26. The zero-order valence-corrected chi connectivity index (χ0v) is 14.3. The van der Waals surface area contributed by atoms with E-state index in [4.69, 9.17) is 9.47 Å². The van der Waals surface area contributed by atoms with Gasteiger partial charge in [-0.05, 0) is 55.5 Å². The van der Waals surface area contributed by atoms with Crippen LogP contribution in [0.1, 0.15) is 53.2 Å². The van der Waals surface area contributed by atoms with E-state index in [1.165, 1.54) is 6.07 Å². The summed E-state index contributed by atoms with van der Waals surface area (Å²) in [4.78, 5) is 16.8. The Morgan fingerprint density at radius 2 is 2.16 bits per heavy atom. The molecule has 2 aliphatic heterocycles. The molecule has 130 valence electrons. The predicted octanol–water partition coefficient (Wildman–Crippen LogP) is 4.15. The van der Waals surface area contributed by atoms with Gasteiger partial charge in [0.05, 0.1) is 18.4 Å². The van der Waals surface area contributed by atoms with Crippen molar-refractivity contribution in [2.45, 2.75) is 45.3 Å². The summed E-state index contributed by atoms with van der Waals surface area (Å²) in [7, 11) is 0. The van der Waals surface area contributed by atoms with Gasteiger partial charge in [-0.25, -0.2) is 14.2 Å². The number of carbonyl (C=O) groups is 1. The van der Waals surface area contributed by atoms with Gasteiger partial charge in [0.25, 0.3) is 0 Å². The molecule has 1 fully saturated rings. The molecule has 1 saturated heterocycles. The average Bonchev–Trinajstić information content (AvgIpc) is 2.97. The van der Waals surface area contributed by atoms with Gasteiger partial charge < -0.3 is 9.47 Å². The van der Waals surface area contributed by atoms with E-state index in [0.29, 0.717) is 12.0 Å². The first-order valence-electron chi connectivity index (χ1n) is 8.69. The fraction of sp³-hybridized carbons (Fsp3) is 0.400. The second kappa shape index (κ2) is 6.23. The molecule has 2 unspecified atom stereocenters. The molecule has 25 heavy (non-hydrogen) atoms. The first-order chi connectivity index (χ1) is 12.1. The van der Waals surface area contributed by atoms with Gasteiger partial charge in [0.1, 0.15) is 17.6 Å². The van der Waals surface area contributed by atoms with Crippen molar-refractivity contribution in [3.05, 3.63) is 52.6 Å². The number of aromatic nitrogens is 1. The third kappa shape index (κ3) is 2.82. The van der Waals surface area contributed by atoms with Crippen molar-refractivity contribution in [2.75, 3.05) is 6.61 Å². The van der Waals surface area contributed by atoms with Gasteiger partial charge in [-0.2, -0.15) is 0 Å². The van der Waals surface area contributed by atoms with Gasteiger partial charge in [-0.3, -0.25) is 0 Å². The number of nitrogens with zero attached hydrogens (tertiary/aromatic N) is 1. The quantitative estimate of drug-likeness (QED) is 0.787. The van der Waals surface area contributed by atoms with Crippen molar-refractivity contribution >= 4 is 5.97 Å². The Labute approximate surface area is 146 Å². The molecule has 0 saturated carbocycles. The van der Waals surface area contributed by atoms with Crippen LogP contribution in [0.15, 0.2) is 24.3 Å². The second-order valence-electron chi connectivity index (χ2n) is 6.65. The van der Waals surface area contributed by atoms with Crippen LogP contribution in [0.25, 0.3) is 11.1 Å². The van der Waals surface area contributed by atoms with Crippen LogP contribution < -0.4 is 0 Å². The highest BCUT2D eigenvalue weighted by Crippen LogP contribution is 2.44. The Morgan fingerprint density at radius 1 is 1.32 bits per heavy atom. The van der Waals surface area contributed by atoms with Gasteiger partial charge in [0.2, 0.25) is 0 Å². The number of carbonyl (C=O) groups excluding carboxylic acids is 1. The highest BCUT2D eigenvalue weighted by Gasteiger charge is 2.37. The van der Waals surface area contributed by atoms with Gasteiger partial charge >= 0.3 is 5.97 Å². The summed E-state index contributed by atoms with van der Waals surface area (Å²) in [6, 6.07) is 6.82. The van der Waals surface area contributed by atoms with Crippen molar-refractivity contribution in [1.29, 1.82) is 0 Å². The lowest BCUT2D eigenvalue weighted by Crippen LogP contribution is -2.22. The van der Waals surface area contributed by atoms with Crippen molar-refractivity contribution in [3.8, 4) is 11.1 Å². The molecule has 0 amide bonds. The number of ether oxygens (including phenoxy) is 2. The van der Waals surface area contributed by atoms with Crippen LogP contribution in [0.2, 0.25) is 0 Å². The maximum Gasteiger partial charge on any atom is 0.356 e. The summed E-state index contributed by atoms with van der Waals surface area (Å²) in [6.45, 7) is 3.88. The minimum Gasteiger partial charge on any atom is -0.461 e. The number of halogens is 1. The summed E-state index contributed by atoms with van der Waals surface area (Å²) < 4.78 is 25.7. The third-order valence-corrected chi connectivity index (χ3v) is 4.90. The molecule has 1 aromatic carbocycles. The van der Waals surface area contributed by atoms with Crippen molar-refractivity contribution in [3.63, 3.8) is 0 Å². The van der Waals surface area contributed by atoms with Gasteiger partial charge in [-0.1, -0.05) is 12.1 Å². The van der Waals surface area contributed by atoms with Crippen LogP contribution in [-0.2, 0) is 15.9 Å². The summed E-state index contributed by atoms with van der Waals surface area (Å²) in [5, 5.41) is 0. The van der Waals surface area contributed by atoms with Crippen LogP contribution in [0.3, 0.4) is 0 Å². The maximum atomic E-state index is 14.6. The molecular formula is C20H20FNO3. The topological polar surface area (TPSA) is 48.4 Å². The van der Waals surface area contributed by atoms with Crippen molar-refractivity contribution in [1.82, 2.24) is 4.98 Å². The summed E-state index contributed by atoms with van der Waals surface area (Å²) in [6.07, 6.45) is 2.58. The monoisotopic (exact) mass is 341 g/mol. The largest absolute Gasteiger partial charge is 0.461 e. The van der Waals surface area contributed by atoms with E-state index in [0.717, 1.165) is 35.2 Å². The number of benzene rings is 1. The minimum atomic E-state index is -0.487. The summed E-state index contributed by atoms with van der Waals surface area (Å²) in [5.74, 6) is -0.777. The molecule has 3 heterocycles. The number of esters is 1. The lowest BCUT2D eigenvalue weighted by molar-refractivity contribution is 0.0291. The van der Waals surface area contributed by atoms with Crippen LogP contribution in [0, 0.1) is 12.7 Å². The molecule has 2 aliphatic rings. The molecule has 0 radical (unpaired) electrons. The molecular weight excluding hydrogens is 321 g/mol. The number of fused-ring (bicyclic) bond motifs is 4. The zero-order valence-electron chi connectivity index (χ0n) is 14.3. The SMILES string of the molecule is CCOC(=O)c1cc(-c2ccc(C)cc2F)c2c(n1)C1CCC(C2)O1. The van der Waals surface area contributed by atoms with E-state index in [1.807, 2.05) is 13.0 Å². The molecule has 1 aromatic heterocycles. The average molecular weight is 341 g/mol. The lowest BCUT2D eigenvalue weighted by atomic mass is 9.92. The van der Waals surface area contributed by atoms with Gasteiger partial charge in [0, 0.05) is 12.0 Å². The van der Waals surface area contributed by atoms with E-state index in [9.17, 15) is 9.18 Å². The molecule has 2 atom stereocenters. The van der Waals surface area contributed by atoms with E-state index in [2.05, 4.69) is 4.98 Å². The number of hydrogen-bond donors (Lipinski definition) is 0. The predicted molar refractivity (Wildman–Crippen MR) is 90.9 cm³/mol. The number of hydrogen-bond acceptors (Lipinski definition) is 4. The normalized spacial score (nSPS) is 21.1. The number of pyridine rings is 1. The molecule has 4 nitrogen and oxygen atoms in total. The first-order valence-corrected chi connectivity index (χ1v) is 8.69. The van der Waals surface area contributed by atoms with Crippen LogP contribution in [0.4, 0.5) is 4.39 Å². The Hall–Kier alpha value is -2.27. The number of rotatable bonds is 3. The second-order valence-corrected chi connectivity index (χ2v) is 6.65. The fourth-order valence-corrected chi connectivity index (χ4v) is 3.75. The van der Waals surface area contributed by atoms with E-state index < -0.39 is 5.97 Å². The molecule has 4 rings (SSSR count). The van der Waals surface area contributed by atoms with E-state index >= 15 is 0 Å². The molecule has 0 spiro atoms. The molecule has 5 heteroatoms. The maximum absolute atomic E-state index is 14.6. The Balaban J connectivity index is 1.91. The molecule has 2 aromatic rings. The van der Waals surface area contributed by atoms with Crippen LogP contribution >= 0.6 is 0 Å². The Kier molecular flexibility index (Phi) is 4.04. The highest BCUT2D eigenvalue weighted by molar-refractivity contribution is 5.89. The minimum absolute atomic E-state index is 0.115. The van der Waals surface area contributed by atoms with E-state index in [-0.39, 0.29) is 30.3 Å². The first kappa shape index (κ1) is 16.2. The number of aryl methyl sites for hydroxylation is 1. The molecule has 2 bridgehead atoms. The van der Waals surface area contributed by atoms with E-state index in [1.54, 1.807) is 19.1 Å². The van der Waals surface area contributed by atoms with Gasteiger partial charge in [-0.15, -0.1) is 0 Å². The molecule has 0 N–H and O–H groups in total.